The van der Waals surface area contributed by atoms with Gasteiger partial charge < -0.3 is 5.32 Å². The summed E-state index contributed by atoms with van der Waals surface area (Å²) >= 11 is 11.1. The number of hydrogen-bond donors (Lipinski definition) is 1. The zero-order valence-electron chi connectivity index (χ0n) is 13.2. The number of nitrogens with one attached hydrogen (secondary N) is 1. The van der Waals surface area contributed by atoms with Crippen molar-refractivity contribution in [3.05, 3.63) is 76.0 Å². The van der Waals surface area contributed by atoms with Gasteiger partial charge in [0.05, 0.1) is 21.5 Å². The van der Waals surface area contributed by atoms with Gasteiger partial charge in [0.2, 0.25) is 0 Å². The Morgan fingerprint density at radius 3 is 2.77 bits per heavy atom. The summed E-state index contributed by atoms with van der Waals surface area (Å²) in [5.41, 5.74) is 2.76. The van der Waals surface area contributed by atoms with Crippen LogP contribution in [0.3, 0.4) is 0 Å². The maximum absolute atomic E-state index is 12.6. The normalized spacial score (nSPS) is 10.8. The molecule has 2 aromatic heterocycles. The molecule has 26 heavy (non-hydrogen) atoms. The second kappa shape index (κ2) is 7.15. The molecular weight excluding hydrogens is 434 g/mol. The van der Waals surface area contributed by atoms with Gasteiger partial charge in [0, 0.05) is 16.2 Å². The van der Waals surface area contributed by atoms with Crippen molar-refractivity contribution in [1.29, 1.82) is 0 Å². The second-order valence-electron chi connectivity index (χ2n) is 5.47. The van der Waals surface area contributed by atoms with E-state index in [-0.39, 0.29) is 11.1 Å². The number of fused-ring (bicyclic) bond motifs is 1. The minimum atomic E-state index is -0.312. The van der Waals surface area contributed by atoms with Gasteiger partial charge in [-0.25, -0.2) is 9.97 Å². The fourth-order valence-electron chi connectivity index (χ4n) is 2.53. The van der Waals surface area contributed by atoms with E-state index >= 15 is 0 Å². The standard InChI is InChI=1S/C19H11BrClN3OS/c20-11-7-8-14(23-18(25)12-4-3-9-22-17(12)21)13(10-11)19-24-15-5-1-2-6-16(15)26-19/h1-10H,(H,23,25). The highest BCUT2D eigenvalue weighted by Crippen LogP contribution is 2.36. The van der Waals surface area contributed by atoms with Crippen LogP contribution in [-0.4, -0.2) is 15.9 Å². The van der Waals surface area contributed by atoms with Crippen molar-refractivity contribution in [3.63, 3.8) is 0 Å². The van der Waals surface area contributed by atoms with Crippen molar-refractivity contribution in [2.45, 2.75) is 0 Å². The number of pyridine rings is 1. The Hall–Kier alpha value is -2.28. The number of carbonyl (C=O) groups excluding carboxylic acids is 1. The lowest BCUT2D eigenvalue weighted by molar-refractivity contribution is 0.102. The Morgan fingerprint density at radius 1 is 1.12 bits per heavy atom. The number of carbonyl (C=O) groups is 1. The number of nitrogens with zero attached hydrogens (tertiary/aromatic N) is 2. The molecule has 4 aromatic rings. The molecule has 0 saturated heterocycles. The lowest BCUT2D eigenvalue weighted by Crippen LogP contribution is -2.13. The third-order valence-corrected chi connectivity index (χ3v) is 5.62. The monoisotopic (exact) mass is 443 g/mol. The van der Waals surface area contributed by atoms with Gasteiger partial charge in [-0.1, -0.05) is 39.7 Å². The first-order valence-electron chi connectivity index (χ1n) is 7.69. The van der Waals surface area contributed by atoms with Crippen LogP contribution in [0.4, 0.5) is 5.69 Å². The zero-order valence-corrected chi connectivity index (χ0v) is 16.4. The van der Waals surface area contributed by atoms with Crippen molar-refractivity contribution >= 4 is 60.7 Å². The summed E-state index contributed by atoms with van der Waals surface area (Å²) in [7, 11) is 0. The Bertz CT molecular complexity index is 1100. The van der Waals surface area contributed by atoms with E-state index in [1.807, 2.05) is 42.5 Å². The maximum atomic E-state index is 12.6. The number of amides is 1. The van der Waals surface area contributed by atoms with E-state index in [2.05, 4.69) is 26.2 Å². The number of halogens is 2. The minimum absolute atomic E-state index is 0.170. The van der Waals surface area contributed by atoms with E-state index in [1.165, 1.54) is 0 Å². The Kier molecular flexibility index (Phi) is 4.72. The van der Waals surface area contributed by atoms with Crippen LogP contribution < -0.4 is 5.32 Å². The molecule has 2 aromatic carbocycles. The van der Waals surface area contributed by atoms with Crippen LogP contribution in [0.2, 0.25) is 5.15 Å². The van der Waals surface area contributed by atoms with Gasteiger partial charge >= 0.3 is 0 Å². The molecule has 0 bridgehead atoms. The van der Waals surface area contributed by atoms with Gasteiger partial charge in [-0.3, -0.25) is 4.79 Å². The van der Waals surface area contributed by atoms with Gasteiger partial charge in [-0.05, 0) is 42.5 Å². The van der Waals surface area contributed by atoms with E-state index in [1.54, 1.807) is 29.7 Å². The highest BCUT2D eigenvalue weighted by atomic mass is 79.9. The highest BCUT2D eigenvalue weighted by Gasteiger charge is 2.16. The molecule has 1 amide bonds. The number of hydrogen-bond acceptors (Lipinski definition) is 4. The first kappa shape index (κ1) is 17.1. The number of para-hydroxylation sites is 1. The van der Waals surface area contributed by atoms with E-state index in [9.17, 15) is 4.79 Å². The number of rotatable bonds is 3. The minimum Gasteiger partial charge on any atom is -0.321 e. The molecule has 4 rings (SSSR count). The maximum Gasteiger partial charge on any atom is 0.258 e. The number of thiazole rings is 1. The summed E-state index contributed by atoms with van der Waals surface area (Å²) in [6.45, 7) is 0. The summed E-state index contributed by atoms with van der Waals surface area (Å²) < 4.78 is 2.00. The molecule has 2 heterocycles. The number of aromatic nitrogens is 2. The summed E-state index contributed by atoms with van der Waals surface area (Å²) in [6, 6.07) is 16.9. The van der Waals surface area contributed by atoms with Gasteiger partial charge in [-0.15, -0.1) is 11.3 Å². The Balaban J connectivity index is 1.75. The van der Waals surface area contributed by atoms with Crippen molar-refractivity contribution < 1.29 is 4.79 Å². The summed E-state index contributed by atoms with van der Waals surface area (Å²) in [5, 5.41) is 3.92. The van der Waals surface area contributed by atoms with Crippen LogP contribution in [0.15, 0.2) is 65.3 Å². The molecule has 0 radical (unpaired) electrons. The molecular formula is C19H11BrClN3OS. The van der Waals surface area contributed by atoms with Crippen molar-refractivity contribution in [3.8, 4) is 10.6 Å². The third-order valence-electron chi connectivity index (χ3n) is 3.76. The van der Waals surface area contributed by atoms with E-state index in [0.29, 0.717) is 11.3 Å². The predicted octanol–water partition coefficient (Wildman–Crippen LogP) is 6.03. The van der Waals surface area contributed by atoms with Crippen molar-refractivity contribution in [2.24, 2.45) is 0 Å². The van der Waals surface area contributed by atoms with E-state index in [0.717, 1.165) is 25.3 Å². The first-order valence-corrected chi connectivity index (χ1v) is 9.68. The van der Waals surface area contributed by atoms with Gasteiger partial charge in [0.15, 0.2) is 0 Å². The highest BCUT2D eigenvalue weighted by molar-refractivity contribution is 9.10. The molecule has 0 fully saturated rings. The molecule has 0 spiro atoms. The SMILES string of the molecule is O=C(Nc1ccc(Br)cc1-c1nc2ccccc2s1)c1cccnc1Cl. The Labute approximate surface area is 167 Å². The van der Waals surface area contributed by atoms with Crippen molar-refractivity contribution in [1.82, 2.24) is 9.97 Å². The average Bonchev–Trinajstić information content (AvgIpc) is 3.07. The molecule has 0 aliphatic heterocycles. The molecule has 0 aliphatic rings. The lowest BCUT2D eigenvalue weighted by atomic mass is 10.1. The first-order chi connectivity index (χ1) is 12.6. The van der Waals surface area contributed by atoms with Gasteiger partial charge in [0.1, 0.15) is 10.2 Å². The second-order valence-corrected chi connectivity index (χ2v) is 7.78. The average molecular weight is 445 g/mol. The topological polar surface area (TPSA) is 54.9 Å². The van der Waals surface area contributed by atoms with Crippen LogP contribution >= 0.6 is 38.9 Å². The fraction of sp³-hybridized carbons (Fsp3) is 0. The largest absolute Gasteiger partial charge is 0.321 e. The van der Waals surface area contributed by atoms with Crippen LogP contribution in [0.25, 0.3) is 20.8 Å². The van der Waals surface area contributed by atoms with Crippen LogP contribution in [0.1, 0.15) is 10.4 Å². The zero-order chi connectivity index (χ0) is 18.1. The lowest BCUT2D eigenvalue weighted by Gasteiger charge is -2.10. The van der Waals surface area contributed by atoms with Crippen LogP contribution in [-0.2, 0) is 0 Å². The molecule has 0 aliphatic carbocycles. The number of anilines is 1. The fourth-order valence-corrected chi connectivity index (χ4v) is 4.10. The summed E-state index contributed by atoms with van der Waals surface area (Å²) in [6.07, 6.45) is 1.55. The molecule has 1 N–H and O–H groups in total. The van der Waals surface area contributed by atoms with Gasteiger partial charge in [0.25, 0.3) is 5.91 Å². The van der Waals surface area contributed by atoms with Crippen LogP contribution in [0.5, 0.6) is 0 Å². The molecule has 4 nitrogen and oxygen atoms in total. The Morgan fingerprint density at radius 2 is 1.96 bits per heavy atom. The smallest absolute Gasteiger partial charge is 0.258 e. The third kappa shape index (κ3) is 3.35. The molecule has 7 heteroatoms. The number of benzene rings is 2. The van der Waals surface area contributed by atoms with E-state index < -0.39 is 0 Å². The molecule has 128 valence electrons. The van der Waals surface area contributed by atoms with Gasteiger partial charge in [-0.2, -0.15) is 0 Å². The van der Waals surface area contributed by atoms with Crippen LogP contribution in [0, 0.1) is 0 Å². The molecule has 0 atom stereocenters. The summed E-state index contributed by atoms with van der Waals surface area (Å²) in [4.78, 5) is 21.3. The molecule has 0 saturated carbocycles. The van der Waals surface area contributed by atoms with Crippen molar-refractivity contribution in [2.75, 3.05) is 5.32 Å². The predicted molar refractivity (Wildman–Crippen MR) is 110 cm³/mol. The summed E-state index contributed by atoms with van der Waals surface area (Å²) in [5.74, 6) is -0.312. The quantitative estimate of drug-likeness (QED) is 0.393. The molecule has 0 unspecified atom stereocenters. The van der Waals surface area contributed by atoms with E-state index in [4.69, 9.17) is 16.6 Å².